The van der Waals surface area contributed by atoms with E-state index in [-0.39, 0.29) is 0 Å². The molecule has 0 aromatic heterocycles. The number of hydrogen-bond donors (Lipinski definition) is 1. The van der Waals surface area contributed by atoms with Crippen LogP contribution in [0.3, 0.4) is 0 Å². The molecule has 0 radical (unpaired) electrons. The quantitative estimate of drug-likeness (QED) is 0.418. The van der Waals surface area contributed by atoms with E-state index in [1.807, 2.05) is 0 Å². The molecule has 0 bridgehead atoms. The summed E-state index contributed by atoms with van der Waals surface area (Å²) >= 11 is 0. The van der Waals surface area contributed by atoms with Crippen LogP contribution in [0.2, 0.25) is 0 Å². The van der Waals surface area contributed by atoms with E-state index in [9.17, 15) is 0 Å². The van der Waals surface area contributed by atoms with E-state index in [0.717, 1.165) is 19.6 Å². The molecule has 0 amide bonds. The minimum Gasteiger partial charge on any atom is -0.366 e. The maximum atomic E-state index is 3.52. The van der Waals surface area contributed by atoms with Crippen LogP contribution in [0, 0.1) is 0 Å². The summed E-state index contributed by atoms with van der Waals surface area (Å²) in [5.74, 6) is 0. The molecule has 1 aliphatic rings. The number of nitrogens with zero attached hydrogens (tertiary/aromatic N) is 1. The third-order valence-electron chi connectivity index (χ3n) is 6.22. The summed E-state index contributed by atoms with van der Waals surface area (Å²) in [5.41, 5.74) is 8.92. The van der Waals surface area contributed by atoms with Gasteiger partial charge in [-0.05, 0) is 40.8 Å². The summed E-state index contributed by atoms with van der Waals surface area (Å²) in [6, 6.07) is 37.6. The molecule has 0 spiro atoms. The standard InChI is InChI=1S/C29H28N2/c1-22-21-30-18-19-31(22)29-20-27(16-17-28(29)26-10-6-3-7-11-26)25-14-12-24(13-15-25)23-8-4-2-5-9-23/h2-17,20,22,30H,18-19,21H2,1H3. The lowest BCUT2D eigenvalue weighted by Crippen LogP contribution is -2.50. The zero-order valence-electron chi connectivity index (χ0n) is 18.0. The van der Waals surface area contributed by atoms with Crippen LogP contribution in [0.5, 0.6) is 0 Å². The number of benzene rings is 4. The van der Waals surface area contributed by atoms with Crippen molar-refractivity contribution in [2.45, 2.75) is 13.0 Å². The van der Waals surface area contributed by atoms with Gasteiger partial charge in [0.25, 0.3) is 0 Å². The number of piperazine rings is 1. The topological polar surface area (TPSA) is 15.3 Å². The lowest BCUT2D eigenvalue weighted by molar-refractivity contribution is 0.501. The molecule has 1 atom stereocenters. The minimum absolute atomic E-state index is 0.465. The van der Waals surface area contributed by atoms with Crippen molar-refractivity contribution in [3.8, 4) is 33.4 Å². The largest absolute Gasteiger partial charge is 0.366 e. The van der Waals surface area contributed by atoms with Crippen molar-refractivity contribution in [1.82, 2.24) is 5.32 Å². The second-order valence-electron chi connectivity index (χ2n) is 8.29. The Morgan fingerprint density at radius 2 is 1.19 bits per heavy atom. The van der Waals surface area contributed by atoms with Crippen LogP contribution in [-0.2, 0) is 0 Å². The molecule has 2 nitrogen and oxygen atoms in total. The van der Waals surface area contributed by atoms with Gasteiger partial charge in [-0.15, -0.1) is 0 Å². The fraction of sp³-hybridized carbons (Fsp3) is 0.172. The molecule has 0 aliphatic carbocycles. The van der Waals surface area contributed by atoms with Gasteiger partial charge >= 0.3 is 0 Å². The Hall–Kier alpha value is -3.36. The highest BCUT2D eigenvalue weighted by Crippen LogP contribution is 2.36. The van der Waals surface area contributed by atoms with Crippen LogP contribution in [-0.4, -0.2) is 25.7 Å². The average Bonchev–Trinajstić information content (AvgIpc) is 2.85. The molecule has 2 heteroatoms. The Morgan fingerprint density at radius 1 is 0.645 bits per heavy atom. The van der Waals surface area contributed by atoms with E-state index in [1.165, 1.54) is 39.1 Å². The Morgan fingerprint density at radius 3 is 1.84 bits per heavy atom. The first-order valence-corrected chi connectivity index (χ1v) is 11.1. The maximum absolute atomic E-state index is 3.52. The van der Waals surface area contributed by atoms with Gasteiger partial charge in [0.15, 0.2) is 0 Å². The molecule has 1 aliphatic heterocycles. The lowest BCUT2D eigenvalue weighted by Gasteiger charge is -2.37. The molecule has 154 valence electrons. The summed E-state index contributed by atoms with van der Waals surface area (Å²) < 4.78 is 0. The van der Waals surface area contributed by atoms with Crippen LogP contribution < -0.4 is 10.2 Å². The van der Waals surface area contributed by atoms with Crippen molar-refractivity contribution in [3.63, 3.8) is 0 Å². The lowest BCUT2D eigenvalue weighted by atomic mass is 9.95. The van der Waals surface area contributed by atoms with Gasteiger partial charge in [-0.1, -0.05) is 97.1 Å². The van der Waals surface area contributed by atoms with E-state index in [1.54, 1.807) is 0 Å². The zero-order chi connectivity index (χ0) is 21.0. The Bertz CT molecular complexity index is 1130. The molecule has 5 rings (SSSR count). The van der Waals surface area contributed by atoms with Crippen LogP contribution in [0.25, 0.3) is 33.4 Å². The van der Waals surface area contributed by atoms with Crippen molar-refractivity contribution in [2.75, 3.05) is 24.5 Å². The number of hydrogen-bond acceptors (Lipinski definition) is 2. The molecule has 4 aromatic rings. The maximum Gasteiger partial charge on any atom is 0.0455 e. The number of anilines is 1. The normalized spacial score (nSPS) is 16.3. The summed E-state index contributed by atoms with van der Waals surface area (Å²) in [6.45, 7) is 5.37. The summed E-state index contributed by atoms with van der Waals surface area (Å²) in [7, 11) is 0. The van der Waals surface area contributed by atoms with Crippen LogP contribution in [0.15, 0.2) is 103 Å². The summed E-state index contributed by atoms with van der Waals surface area (Å²) in [5, 5.41) is 3.52. The van der Waals surface area contributed by atoms with Crippen LogP contribution in [0.4, 0.5) is 5.69 Å². The second-order valence-corrected chi connectivity index (χ2v) is 8.29. The smallest absolute Gasteiger partial charge is 0.0455 e. The molecule has 1 fully saturated rings. The molecule has 0 saturated carbocycles. The van der Waals surface area contributed by atoms with E-state index in [2.05, 4.69) is 120 Å². The molecule has 1 unspecified atom stereocenters. The highest BCUT2D eigenvalue weighted by Gasteiger charge is 2.21. The van der Waals surface area contributed by atoms with E-state index < -0.39 is 0 Å². The third kappa shape index (κ3) is 4.12. The minimum atomic E-state index is 0.465. The number of nitrogens with one attached hydrogen (secondary N) is 1. The van der Waals surface area contributed by atoms with Crippen molar-refractivity contribution in [2.24, 2.45) is 0 Å². The van der Waals surface area contributed by atoms with E-state index >= 15 is 0 Å². The van der Waals surface area contributed by atoms with Gasteiger partial charge in [0.1, 0.15) is 0 Å². The fourth-order valence-corrected chi connectivity index (χ4v) is 4.50. The average molecular weight is 405 g/mol. The van der Waals surface area contributed by atoms with Gasteiger partial charge in [-0.3, -0.25) is 0 Å². The van der Waals surface area contributed by atoms with Gasteiger partial charge in [0.05, 0.1) is 0 Å². The van der Waals surface area contributed by atoms with Gasteiger partial charge in [0, 0.05) is 36.9 Å². The first-order chi connectivity index (χ1) is 15.3. The molecule has 1 N–H and O–H groups in total. The van der Waals surface area contributed by atoms with Gasteiger partial charge < -0.3 is 10.2 Å². The van der Waals surface area contributed by atoms with Crippen molar-refractivity contribution < 1.29 is 0 Å². The van der Waals surface area contributed by atoms with E-state index in [4.69, 9.17) is 0 Å². The van der Waals surface area contributed by atoms with Crippen molar-refractivity contribution >= 4 is 5.69 Å². The summed E-state index contributed by atoms with van der Waals surface area (Å²) in [4.78, 5) is 2.56. The van der Waals surface area contributed by atoms with Crippen molar-refractivity contribution in [3.05, 3.63) is 103 Å². The van der Waals surface area contributed by atoms with Gasteiger partial charge in [-0.25, -0.2) is 0 Å². The Kier molecular flexibility index (Phi) is 5.56. The monoisotopic (exact) mass is 404 g/mol. The van der Waals surface area contributed by atoms with Crippen LogP contribution >= 0.6 is 0 Å². The van der Waals surface area contributed by atoms with Crippen molar-refractivity contribution in [1.29, 1.82) is 0 Å². The predicted octanol–water partition coefficient (Wildman–Crippen LogP) is 6.49. The first kappa shape index (κ1) is 19.6. The highest BCUT2D eigenvalue weighted by atomic mass is 15.2. The highest BCUT2D eigenvalue weighted by molar-refractivity contribution is 5.84. The van der Waals surface area contributed by atoms with Gasteiger partial charge in [-0.2, -0.15) is 0 Å². The molecule has 1 heterocycles. The molecule has 4 aromatic carbocycles. The summed E-state index contributed by atoms with van der Waals surface area (Å²) in [6.07, 6.45) is 0. The predicted molar refractivity (Wildman–Crippen MR) is 132 cm³/mol. The molecule has 1 saturated heterocycles. The Labute approximate surface area is 185 Å². The zero-order valence-corrected chi connectivity index (χ0v) is 18.0. The second kappa shape index (κ2) is 8.79. The van der Waals surface area contributed by atoms with E-state index in [0.29, 0.717) is 6.04 Å². The SMILES string of the molecule is CC1CNCCN1c1cc(-c2ccc(-c3ccccc3)cc2)ccc1-c1ccccc1. The Balaban J connectivity index is 1.55. The third-order valence-corrected chi connectivity index (χ3v) is 6.22. The number of rotatable bonds is 4. The fourth-order valence-electron chi connectivity index (χ4n) is 4.50. The molecule has 31 heavy (non-hydrogen) atoms. The first-order valence-electron chi connectivity index (χ1n) is 11.1. The van der Waals surface area contributed by atoms with Crippen LogP contribution in [0.1, 0.15) is 6.92 Å². The molecular weight excluding hydrogens is 376 g/mol. The molecular formula is C29H28N2. The van der Waals surface area contributed by atoms with Gasteiger partial charge in [0.2, 0.25) is 0 Å².